The van der Waals surface area contributed by atoms with Gasteiger partial charge in [0, 0.05) is 37.1 Å². The van der Waals surface area contributed by atoms with E-state index in [9.17, 15) is 4.79 Å². The van der Waals surface area contributed by atoms with Gasteiger partial charge >= 0.3 is 0 Å². The lowest BCUT2D eigenvalue weighted by Gasteiger charge is -2.34. The van der Waals surface area contributed by atoms with Crippen molar-refractivity contribution in [2.45, 2.75) is 91.0 Å². The van der Waals surface area contributed by atoms with E-state index in [4.69, 9.17) is 15.1 Å². The number of hydrogen-bond donors (Lipinski definition) is 1. The Bertz CT molecular complexity index is 1200. The number of aryl methyl sites for hydroxylation is 1. The van der Waals surface area contributed by atoms with Gasteiger partial charge in [-0.1, -0.05) is 43.6 Å². The van der Waals surface area contributed by atoms with E-state index in [2.05, 4.69) is 29.8 Å². The first-order valence-corrected chi connectivity index (χ1v) is 13.7. The average Bonchev–Trinajstić information content (AvgIpc) is 3.55. The molecule has 0 radical (unpaired) electrons. The summed E-state index contributed by atoms with van der Waals surface area (Å²) >= 11 is 0. The van der Waals surface area contributed by atoms with Crippen LogP contribution in [0.15, 0.2) is 48.0 Å². The number of carbonyl (C=O) groups excluding carboxylic acids is 1. The van der Waals surface area contributed by atoms with Gasteiger partial charge in [0.15, 0.2) is 17.3 Å². The second kappa shape index (κ2) is 10.2. The van der Waals surface area contributed by atoms with Crippen LogP contribution in [0.4, 0.5) is 5.82 Å². The van der Waals surface area contributed by atoms with Crippen molar-refractivity contribution >= 4 is 17.4 Å². The molecule has 2 saturated heterocycles. The lowest BCUT2D eigenvalue weighted by atomic mass is 9.83. The summed E-state index contributed by atoms with van der Waals surface area (Å²) in [5.74, 6) is 2.69. The molecular weight excluding hydrogens is 448 g/mol. The summed E-state index contributed by atoms with van der Waals surface area (Å²) in [6.45, 7) is 11.1. The molecule has 1 atom stereocenters. The van der Waals surface area contributed by atoms with Crippen LogP contribution in [0, 0.1) is 11.3 Å². The SMILES string of the molecule is C=C1NC(=O)C(C)(C)/C1=C/C=C(\C)CCCc1nc2c(N3CCC[C@@H]3C3CCCCC3)nccn2n1. The zero-order valence-corrected chi connectivity index (χ0v) is 22.1. The molecule has 1 amide bonds. The largest absolute Gasteiger partial charge is 0.350 e. The summed E-state index contributed by atoms with van der Waals surface area (Å²) in [5.41, 5.74) is 3.29. The second-order valence-electron chi connectivity index (χ2n) is 11.4. The van der Waals surface area contributed by atoms with Gasteiger partial charge in [0.05, 0.1) is 5.41 Å². The van der Waals surface area contributed by atoms with Gasteiger partial charge in [-0.2, -0.15) is 5.10 Å². The number of aromatic nitrogens is 4. The molecule has 1 aliphatic carbocycles. The molecule has 3 fully saturated rings. The Morgan fingerprint density at radius 3 is 2.78 bits per heavy atom. The molecule has 5 rings (SSSR count). The van der Waals surface area contributed by atoms with E-state index in [0.29, 0.717) is 11.7 Å². The third-order valence-corrected chi connectivity index (χ3v) is 8.38. The molecule has 2 aromatic heterocycles. The van der Waals surface area contributed by atoms with E-state index in [0.717, 1.165) is 54.6 Å². The van der Waals surface area contributed by atoms with Crippen LogP contribution in [0.1, 0.15) is 84.4 Å². The lowest BCUT2D eigenvalue weighted by molar-refractivity contribution is -0.124. The Labute approximate surface area is 214 Å². The van der Waals surface area contributed by atoms with E-state index >= 15 is 0 Å². The minimum Gasteiger partial charge on any atom is -0.350 e. The molecule has 0 spiro atoms. The predicted molar refractivity (Wildman–Crippen MR) is 144 cm³/mol. The van der Waals surface area contributed by atoms with Gasteiger partial charge in [-0.3, -0.25) is 4.79 Å². The van der Waals surface area contributed by atoms with Crippen molar-refractivity contribution in [2.75, 3.05) is 11.4 Å². The standard InChI is InChI=1S/C29H40N6O/c1-20(15-16-23-21(2)31-28(36)29(23,3)4)10-8-14-25-32-27-26(30-17-19-35(27)33-25)34-18-9-13-24(34)22-11-6-5-7-12-22/h15-17,19,22,24H,2,5-14,18H2,1,3-4H3,(H,31,36)/b20-15+,23-16+/t24-/m1/s1. The number of hydrogen-bond acceptors (Lipinski definition) is 5. The Hall–Kier alpha value is -2.96. The molecule has 0 aromatic carbocycles. The highest BCUT2D eigenvalue weighted by Crippen LogP contribution is 2.38. The van der Waals surface area contributed by atoms with Crippen LogP contribution < -0.4 is 10.2 Å². The van der Waals surface area contributed by atoms with Gasteiger partial charge in [-0.25, -0.2) is 14.5 Å². The van der Waals surface area contributed by atoms with Gasteiger partial charge in [-0.15, -0.1) is 0 Å². The van der Waals surface area contributed by atoms with Crippen molar-refractivity contribution in [2.24, 2.45) is 11.3 Å². The van der Waals surface area contributed by atoms with Gasteiger partial charge in [0.25, 0.3) is 0 Å². The molecule has 4 heterocycles. The zero-order valence-electron chi connectivity index (χ0n) is 22.1. The van der Waals surface area contributed by atoms with Gasteiger partial charge in [-0.05, 0) is 70.8 Å². The molecule has 2 aliphatic heterocycles. The molecule has 7 nitrogen and oxygen atoms in total. The van der Waals surface area contributed by atoms with E-state index in [-0.39, 0.29) is 5.91 Å². The number of nitrogens with one attached hydrogen (secondary N) is 1. The molecule has 1 N–H and O–H groups in total. The smallest absolute Gasteiger partial charge is 0.234 e. The van der Waals surface area contributed by atoms with Crippen molar-refractivity contribution in [3.8, 4) is 0 Å². The number of amides is 1. The molecule has 7 heteroatoms. The summed E-state index contributed by atoms with van der Waals surface area (Å²) in [6, 6.07) is 0.595. The Morgan fingerprint density at radius 2 is 2.03 bits per heavy atom. The van der Waals surface area contributed by atoms with Gasteiger partial charge in [0.2, 0.25) is 5.91 Å². The van der Waals surface area contributed by atoms with Crippen LogP contribution in [-0.2, 0) is 11.2 Å². The van der Waals surface area contributed by atoms with Gasteiger partial charge < -0.3 is 10.2 Å². The fourth-order valence-corrected chi connectivity index (χ4v) is 6.23. The molecular formula is C29H40N6O. The summed E-state index contributed by atoms with van der Waals surface area (Å²) in [5, 5.41) is 7.62. The van der Waals surface area contributed by atoms with Crippen LogP contribution in [0.25, 0.3) is 5.65 Å². The molecule has 3 aliphatic rings. The molecule has 0 unspecified atom stereocenters. The van der Waals surface area contributed by atoms with Crippen LogP contribution in [0.5, 0.6) is 0 Å². The second-order valence-corrected chi connectivity index (χ2v) is 11.4. The van der Waals surface area contributed by atoms with Crippen LogP contribution in [0.3, 0.4) is 0 Å². The number of nitrogens with zero attached hydrogens (tertiary/aromatic N) is 5. The normalized spacial score (nSPS) is 24.3. The Morgan fingerprint density at radius 1 is 1.22 bits per heavy atom. The zero-order chi connectivity index (χ0) is 25.3. The summed E-state index contributed by atoms with van der Waals surface area (Å²) in [6.07, 6.45) is 20.0. The number of fused-ring (bicyclic) bond motifs is 1. The van der Waals surface area contributed by atoms with Crippen molar-refractivity contribution in [1.29, 1.82) is 0 Å². The number of rotatable bonds is 7. The van der Waals surface area contributed by atoms with Crippen LogP contribution >= 0.6 is 0 Å². The highest BCUT2D eigenvalue weighted by Gasteiger charge is 2.39. The molecule has 2 aromatic rings. The average molecular weight is 489 g/mol. The highest BCUT2D eigenvalue weighted by atomic mass is 16.2. The van der Waals surface area contributed by atoms with E-state index in [1.807, 2.05) is 36.8 Å². The van der Waals surface area contributed by atoms with E-state index < -0.39 is 5.41 Å². The van der Waals surface area contributed by atoms with Gasteiger partial charge in [0.1, 0.15) is 0 Å². The minimum atomic E-state index is -0.536. The van der Waals surface area contributed by atoms with Crippen molar-refractivity contribution in [3.63, 3.8) is 0 Å². The Balaban J connectivity index is 1.24. The minimum absolute atomic E-state index is 0.00979. The first kappa shape index (κ1) is 24.7. The summed E-state index contributed by atoms with van der Waals surface area (Å²) < 4.78 is 1.92. The fraction of sp³-hybridized carbons (Fsp3) is 0.586. The summed E-state index contributed by atoms with van der Waals surface area (Å²) in [4.78, 5) is 24.4. The third-order valence-electron chi connectivity index (χ3n) is 8.38. The maximum Gasteiger partial charge on any atom is 0.234 e. The molecule has 36 heavy (non-hydrogen) atoms. The van der Waals surface area contributed by atoms with E-state index in [1.165, 1.54) is 50.5 Å². The monoisotopic (exact) mass is 488 g/mol. The topological polar surface area (TPSA) is 75.4 Å². The maximum atomic E-state index is 12.1. The van der Waals surface area contributed by atoms with Crippen molar-refractivity contribution in [1.82, 2.24) is 24.9 Å². The maximum absolute atomic E-state index is 12.1. The molecule has 192 valence electrons. The third kappa shape index (κ3) is 4.84. The van der Waals surface area contributed by atoms with Crippen molar-refractivity contribution in [3.05, 3.63) is 53.8 Å². The van der Waals surface area contributed by atoms with E-state index in [1.54, 1.807) is 0 Å². The first-order valence-electron chi connectivity index (χ1n) is 13.7. The number of allylic oxidation sites excluding steroid dienone is 4. The number of anilines is 1. The first-order chi connectivity index (χ1) is 17.3. The number of carbonyl (C=O) groups is 1. The Kier molecular flexibility index (Phi) is 7.00. The quantitative estimate of drug-likeness (QED) is 0.554. The lowest BCUT2D eigenvalue weighted by Crippen LogP contribution is -2.37. The van der Waals surface area contributed by atoms with Crippen LogP contribution in [-0.4, -0.2) is 38.1 Å². The molecule has 0 bridgehead atoms. The fourth-order valence-electron chi connectivity index (χ4n) is 6.23. The molecule has 1 saturated carbocycles. The van der Waals surface area contributed by atoms with Crippen LogP contribution in [0.2, 0.25) is 0 Å². The highest BCUT2D eigenvalue weighted by molar-refractivity contribution is 5.92. The summed E-state index contributed by atoms with van der Waals surface area (Å²) in [7, 11) is 0. The predicted octanol–water partition coefficient (Wildman–Crippen LogP) is 5.54. The van der Waals surface area contributed by atoms with Crippen molar-refractivity contribution < 1.29 is 4.79 Å².